The van der Waals surface area contributed by atoms with E-state index in [-0.39, 0.29) is 18.9 Å². The zero-order chi connectivity index (χ0) is 18.7. The van der Waals surface area contributed by atoms with Crippen LogP contribution in [0.25, 0.3) is 0 Å². The molecule has 3 rings (SSSR count). The second-order valence-corrected chi connectivity index (χ2v) is 7.26. The number of anilines is 1. The van der Waals surface area contributed by atoms with E-state index < -0.39 is 12.1 Å². The maximum Gasteiger partial charge on any atom is 0.391 e. The molecule has 26 heavy (non-hydrogen) atoms. The molecule has 1 saturated heterocycles. The Bertz CT molecular complexity index is 579. The van der Waals surface area contributed by atoms with Gasteiger partial charge >= 0.3 is 6.18 Å². The number of benzene rings is 1. The molecule has 1 aromatic carbocycles. The number of hydrogen-bond donors (Lipinski definition) is 1. The van der Waals surface area contributed by atoms with Crippen LogP contribution in [0, 0.1) is 5.92 Å². The molecule has 7 heteroatoms. The van der Waals surface area contributed by atoms with Gasteiger partial charge in [0.25, 0.3) is 0 Å². The fraction of sp³-hybridized carbons (Fsp3) is 0.684. The zero-order valence-corrected chi connectivity index (χ0v) is 15.3. The molecule has 0 radical (unpaired) electrons. The highest BCUT2D eigenvalue weighted by Crippen LogP contribution is 2.38. The Morgan fingerprint density at radius 2 is 1.54 bits per heavy atom. The lowest BCUT2D eigenvalue weighted by atomic mass is 9.85. The summed E-state index contributed by atoms with van der Waals surface area (Å²) in [6.07, 6.45) is -1.37. The molecule has 4 nitrogen and oxygen atoms in total. The zero-order valence-electron chi connectivity index (χ0n) is 15.3. The Kier molecular flexibility index (Phi) is 5.85. The maximum absolute atomic E-state index is 12.8. The lowest BCUT2D eigenvalue weighted by molar-refractivity contribution is -0.182. The molecule has 1 heterocycles. The van der Waals surface area contributed by atoms with Crippen LogP contribution < -0.4 is 19.7 Å². The number of ether oxygens (including phenoxy) is 2. The highest BCUT2D eigenvalue weighted by molar-refractivity contribution is 5.56. The van der Waals surface area contributed by atoms with E-state index in [0.29, 0.717) is 18.9 Å². The minimum atomic E-state index is -4.04. The first-order valence-corrected chi connectivity index (χ1v) is 9.20. The van der Waals surface area contributed by atoms with Gasteiger partial charge < -0.3 is 19.7 Å². The summed E-state index contributed by atoms with van der Waals surface area (Å²) in [5.74, 6) is 0.382. The van der Waals surface area contributed by atoms with Gasteiger partial charge in [-0.15, -0.1) is 0 Å². The van der Waals surface area contributed by atoms with Crippen molar-refractivity contribution in [3.8, 4) is 11.5 Å². The fourth-order valence-corrected chi connectivity index (χ4v) is 4.03. The average Bonchev–Trinajstić information content (AvgIpc) is 3.09. The van der Waals surface area contributed by atoms with Crippen molar-refractivity contribution in [3.63, 3.8) is 0 Å². The second kappa shape index (κ2) is 7.94. The van der Waals surface area contributed by atoms with Crippen molar-refractivity contribution in [2.24, 2.45) is 5.92 Å². The van der Waals surface area contributed by atoms with E-state index in [1.807, 2.05) is 18.2 Å². The first kappa shape index (κ1) is 19.1. The highest BCUT2D eigenvalue weighted by Gasteiger charge is 2.41. The Morgan fingerprint density at radius 3 is 2.08 bits per heavy atom. The van der Waals surface area contributed by atoms with Gasteiger partial charge in [0.05, 0.1) is 20.1 Å². The predicted molar refractivity (Wildman–Crippen MR) is 95.1 cm³/mol. The minimum Gasteiger partial charge on any atom is -0.497 e. The molecule has 0 aromatic heterocycles. The molecule has 0 spiro atoms. The van der Waals surface area contributed by atoms with Gasteiger partial charge in [-0.1, -0.05) is 0 Å². The van der Waals surface area contributed by atoms with Crippen molar-refractivity contribution in [3.05, 3.63) is 18.2 Å². The van der Waals surface area contributed by atoms with Crippen LogP contribution in [0.2, 0.25) is 0 Å². The molecule has 1 atom stereocenters. The Hall–Kier alpha value is -1.63. The van der Waals surface area contributed by atoms with E-state index in [2.05, 4.69) is 10.2 Å². The SMILES string of the molecule is COc1cc(OC)cc(N2CCC(NC3CCC(C(F)(F)F)CC3)C2)c1. The largest absolute Gasteiger partial charge is 0.497 e. The van der Waals surface area contributed by atoms with E-state index in [4.69, 9.17) is 9.47 Å². The van der Waals surface area contributed by atoms with E-state index in [9.17, 15) is 13.2 Å². The van der Waals surface area contributed by atoms with Crippen LogP contribution in [0.1, 0.15) is 32.1 Å². The summed E-state index contributed by atoms with van der Waals surface area (Å²) < 4.78 is 49.0. The lowest BCUT2D eigenvalue weighted by Gasteiger charge is -2.32. The van der Waals surface area contributed by atoms with Crippen LogP contribution in [-0.2, 0) is 0 Å². The highest BCUT2D eigenvalue weighted by atomic mass is 19.4. The van der Waals surface area contributed by atoms with Crippen LogP contribution in [0.15, 0.2) is 18.2 Å². The number of alkyl halides is 3. The topological polar surface area (TPSA) is 33.7 Å². The van der Waals surface area contributed by atoms with E-state index in [1.54, 1.807) is 14.2 Å². The molecule has 1 aromatic rings. The van der Waals surface area contributed by atoms with Crippen molar-refractivity contribution in [1.82, 2.24) is 5.32 Å². The molecule has 0 amide bonds. The third kappa shape index (κ3) is 4.55. The first-order chi connectivity index (χ1) is 12.4. The van der Waals surface area contributed by atoms with Crippen LogP contribution >= 0.6 is 0 Å². The summed E-state index contributed by atoms with van der Waals surface area (Å²) in [6, 6.07) is 6.31. The molecular weight excluding hydrogens is 345 g/mol. The minimum absolute atomic E-state index is 0.193. The molecular formula is C19H27F3N2O2. The Morgan fingerprint density at radius 1 is 0.923 bits per heavy atom. The molecule has 1 aliphatic heterocycles. The number of methoxy groups -OCH3 is 2. The van der Waals surface area contributed by atoms with Crippen molar-refractivity contribution in [2.75, 3.05) is 32.2 Å². The lowest BCUT2D eigenvalue weighted by Crippen LogP contribution is -2.43. The molecule has 1 aliphatic carbocycles. The maximum atomic E-state index is 12.8. The van der Waals surface area contributed by atoms with Gasteiger partial charge in [0.1, 0.15) is 11.5 Å². The first-order valence-electron chi connectivity index (χ1n) is 9.20. The van der Waals surface area contributed by atoms with Crippen LogP contribution in [0.3, 0.4) is 0 Å². The van der Waals surface area contributed by atoms with Crippen LogP contribution in [-0.4, -0.2) is 45.6 Å². The smallest absolute Gasteiger partial charge is 0.391 e. The van der Waals surface area contributed by atoms with Crippen molar-refractivity contribution >= 4 is 5.69 Å². The van der Waals surface area contributed by atoms with Gasteiger partial charge in [0.2, 0.25) is 0 Å². The third-order valence-electron chi connectivity index (χ3n) is 5.55. The van der Waals surface area contributed by atoms with E-state index >= 15 is 0 Å². The van der Waals surface area contributed by atoms with Crippen LogP contribution in [0.4, 0.5) is 18.9 Å². The standard InChI is InChI=1S/C19H27F3N2O2/c1-25-17-9-16(10-18(11-17)26-2)24-8-7-15(12-24)23-14-5-3-13(4-6-14)19(20,21)22/h9-11,13-15,23H,3-8,12H2,1-2H3. The van der Waals surface area contributed by atoms with Gasteiger partial charge in [0, 0.05) is 49.1 Å². The predicted octanol–water partition coefficient (Wildman–Crippen LogP) is 3.99. The third-order valence-corrected chi connectivity index (χ3v) is 5.55. The molecule has 146 valence electrons. The summed E-state index contributed by atoms with van der Waals surface area (Å²) in [7, 11) is 3.26. The van der Waals surface area contributed by atoms with E-state index in [0.717, 1.165) is 36.7 Å². The average molecular weight is 372 g/mol. The molecule has 2 fully saturated rings. The van der Waals surface area contributed by atoms with Crippen molar-refractivity contribution in [1.29, 1.82) is 0 Å². The van der Waals surface area contributed by atoms with Gasteiger partial charge in [-0.3, -0.25) is 0 Å². The molecule has 1 saturated carbocycles. The molecule has 1 N–H and O–H groups in total. The molecule has 1 unspecified atom stereocenters. The van der Waals surface area contributed by atoms with Gasteiger partial charge in [-0.05, 0) is 32.1 Å². The summed E-state index contributed by atoms with van der Waals surface area (Å²) >= 11 is 0. The van der Waals surface area contributed by atoms with Crippen molar-refractivity contribution in [2.45, 2.75) is 50.4 Å². The Labute approximate surface area is 152 Å². The summed E-state index contributed by atoms with van der Waals surface area (Å²) in [4.78, 5) is 2.27. The monoisotopic (exact) mass is 372 g/mol. The number of nitrogens with zero attached hydrogens (tertiary/aromatic N) is 1. The van der Waals surface area contributed by atoms with E-state index in [1.165, 1.54) is 0 Å². The number of nitrogens with one attached hydrogen (secondary N) is 1. The van der Waals surface area contributed by atoms with Gasteiger partial charge in [-0.25, -0.2) is 0 Å². The Balaban J connectivity index is 1.53. The van der Waals surface area contributed by atoms with Gasteiger partial charge in [0.15, 0.2) is 0 Å². The van der Waals surface area contributed by atoms with Crippen molar-refractivity contribution < 1.29 is 22.6 Å². The number of hydrogen-bond acceptors (Lipinski definition) is 4. The molecule has 2 aliphatic rings. The quantitative estimate of drug-likeness (QED) is 0.847. The van der Waals surface area contributed by atoms with Gasteiger partial charge in [-0.2, -0.15) is 13.2 Å². The fourth-order valence-electron chi connectivity index (χ4n) is 4.03. The molecule has 0 bridgehead atoms. The second-order valence-electron chi connectivity index (χ2n) is 7.26. The normalized spacial score (nSPS) is 26.8. The summed E-state index contributed by atoms with van der Waals surface area (Å²) in [5, 5.41) is 3.58. The summed E-state index contributed by atoms with van der Waals surface area (Å²) in [5.41, 5.74) is 1.05. The number of halogens is 3. The number of rotatable bonds is 5. The van der Waals surface area contributed by atoms with Crippen LogP contribution in [0.5, 0.6) is 11.5 Å². The summed E-state index contributed by atoms with van der Waals surface area (Å²) in [6.45, 7) is 1.75.